The molecule has 0 fully saturated rings. The molecule has 0 saturated carbocycles. The zero-order valence-electron chi connectivity index (χ0n) is 11.7. The molecule has 0 N–H and O–H groups in total. The van der Waals surface area contributed by atoms with E-state index in [2.05, 4.69) is 5.10 Å². The van der Waals surface area contributed by atoms with E-state index in [0.29, 0.717) is 17.1 Å². The Kier molecular flexibility index (Phi) is 4.20. The standard InChI is InChI=1S/C15H16N2O3/c1-17-10-12(9-16-17)13(18)8-7-11-5-4-6-14(19-2)15(11)20-3/h4-10H,1-3H3/b8-7-. The number of methoxy groups -OCH3 is 2. The Hall–Kier alpha value is -2.56. The number of aryl methyl sites for hydroxylation is 1. The smallest absolute Gasteiger partial charge is 0.189 e. The zero-order valence-corrected chi connectivity index (χ0v) is 11.7. The number of aromatic nitrogens is 2. The van der Waals surface area contributed by atoms with Crippen LogP contribution in [0.5, 0.6) is 11.5 Å². The van der Waals surface area contributed by atoms with Gasteiger partial charge in [-0.1, -0.05) is 12.1 Å². The van der Waals surface area contributed by atoms with Gasteiger partial charge in [-0.05, 0) is 18.2 Å². The molecule has 5 nitrogen and oxygen atoms in total. The largest absolute Gasteiger partial charge is 0.493 e. The minimum absolute atomic E-state index is 0.108. The van der Waals surface area contributed by atoms with E-state index in [9.17, 15) is 4.79 Å². The number of hydrogen-bond donors (Lipinski definition) is 0. The Balaban J connectivity index is 2.25. The molecule has 1 aromatic carbocycles. The van der Waals surface area contributed by atoms with E-state index in [0.717, 1.165) is 5.56 Å². The molecule has 0 aliphatic carbocycles. The maximum atomic E-state index is 12.0. The molecule has 2 rings (SSSR count). The number of carbonyl (C=O) groups is 1. The number of ether oxygens (including phenoxy) is 2. The molecule has 104 valence electrons. The van der Waals surface area contributed by atoms with Crippen molar-refractivity contribution in [2.75, 3.05) is 14.2 Å². The minimum atomic E-state index is -0.108. The van der Waals surface area contributed by atoms with Gasteiger partial charge < -0.3 is 9.47 Å². The predicted octanol–water partition coefficient (Wildman–Crippen LogP) is 2.33. The molecule has 0 unspecified atom stereocenters. The van der Waals surface area contributed by atoms with Crippen LogP contribution in [0, 0.1) is 0 Å². The summed E-state index contributed by atoms with van der Waals surface area (Å²) in [5.41, 5.74) is 1.33. The van der Waals surface area contributed by atoms with Crippen molar-refractivity contribution in [2.24, 2.45) is 7.05 Å². The van der Waals surface area contributed by atoms with Crippen LogP contribution in [0.25, 0.3) is 6.08 Å². The van der Waals surface area contributed by atoms with Gasteiger partial charge in [-0.3, -0.25) is 9.48 Å². The first-order valence-electron chi connectivity index (χ1n) is 6.07. The molecule has 2 aromatic rings. The van der Waals surface area contributed by atoms with Crippen LogP contribution in [0.15, 0.2) is 36.7 Å². The van der Waals surface area contributed by atoms with E-state index in [1.165, 1.54) is 12.3 Å². The zero-order chi connectivity index (χ0) is 14.5. The van der Waals surface area contributed by atoms with Crippen molar-refractivity contribution in [3.05, 3.63) is 47.8 Å². The molecular formula is C15H16N2O3. The van der Waals surface area contributed by atoms with Crippen molar-refractivity contribution in [1.82, 2.24) is 9.78 Å². The average Bonchev–Trinajstić information content (AvgIpc) is 2.90. The second kappa shape index (κ2) is 6.06. The van der Waals surface area contributed by atoms with Crippen LogP contribution >= 0.6 is 0 Å². The van der Waals surface area contributed by atoms with Gasteiger partial charge in [-0.15, -0.1) is 0 Å². The maximum Gasteiger partial charge on any atom is 0.189 e. The van der Waals surface area contributed by atoms with Gasteiger partial charge in [0.25, 0.3) is 0 Å². The second-order valence-corrected chi connectivity index (χ2v) is 4.18. The van der Waals surface area contributed by atoms with Crippen molar-refractivity contribution < 1.29 is 14.3 Å². The number of allylic oxidation sites excluding steroid dienone is 1. The summed E-state index contributed by atoms with van der Waals surface area (Å²) in [6.45, 7) is 0. The molecule has 0 atom stereocenters. The summed E-state index contributed by atoms with van der Waals surface area (Å²) in [6, 6.07) is 5.50. The molecule has 0 bridgehead atoms. The third-order valence-corrected chi connectivity index (χ3v) is 2.84. The number of nitrogens with zero attached hydrogens (tertiary/aromatic N) is 2. The van der Waals surface area contributed by atoms with Crippen molar-refractivity contribution >= 4 is 11.9 Å². The van der Waals surface area contributed by atoms with Gasteiger partial charge in [-0.2, -0.15) is 5.10 Å². The fraction of sp³-hybridized carbons (Fsp3) is 0.200. The lowest BCUT2D eigenvalue weighted by Crippen LogP contribution is -1.94. The molecule has 0 aliphatic rings. The lowest BCUT2D eigenvalue weighted by Gasteiger charge is -2.09. The first-order chi connectivity index (χ1) is 9.65. The van der Waals surface area contributed by atoms with Crippen molar-refractivity contribution in [1.29, 1.82) is 0 Å². The first kappa shape index (κ1) is 13.9. The van der Waals surface area contributed by atoms with Crippen LogP contribution in [0.3, 0.4) is 0 Å². The molecule has 0 spiro atoms. The van der Waals surface area contributed by atoms with Gasteiger partial charge >= 0.3 is 0 Å². The summed E-state index contributed by atoms with van der Waals surface area (Å²) in [5.74, 6) is 1.12. The molecule has 20 heavy (non-hydrogen) atoms. The minimum Gasteiger partial charge on any atom is -0.493 e. The van der Waals surface area contributed by atoms with E-state index in [1.807, 2.05) is 12.1 Å². The highest BCUT2D eigenvalue weighted by atomic mass is 16.5. The molecular weight excluding hydrogens is 256 g/mol. The van der Waals surface area contributed by atoms with Gasteiger partial charge in [0, 0.05) is 18.8 Å². The van der Waals surface area contributed by atoms with E-state index < -0.39 is 0 Å². The number of rotatable bonds is 5. The summed E-state index contributed by atoms with van der Waals surface area (Å²) in [6.07, 6.45) is 6.41. The maximum absolute atomic E-state index is 12.0. The predicted molar refractivity (Wildman–Crippen MR) is 76.1 cm³/mol. The van der Waals surface area contributed by atoms with Crippen molar-refractivity contribution in [2.45, 2.75) is 0 Å². The van der Waals surface area contributed by atoms with Gasteiger partial charge in [0.15, 0.2) is 17.3 Å². The van der Waals surface area contributed by atoms with Crippen LogP contribution in [0.4, 0.5) is 0 Å². The molecule has 0 aliphatic heterocycles. The number of hydrogen-bond acceptors (Lipinski definition) is 4. The molecule has 0 amide bonds. The summed E-state index contributed by atoms with van der Waals surface area (Å²) >= 11 is 0. The highest BCUT2D eigenvalue weighted by Crippen LogP contribution is 2.31. The van der Waals surface area contributed by atoms with Crippen molar-refractivity contribution in [3.63, 3.8) is 0 Å². The Morgan fingerprint density at radius 1 is 1.30 bits per heavy atom. The van der Waals surface area contributed by atoms with E-state index in [-0.39, 0.29) is 5.78 Å². The topological polar surface area (TPSA) is 53.3 Å². The Labute approximate surface area is 117 Å². The average molecular weight is 272 g/mol. The number of para-hydroxylation sites is 1. The Morgan fingerprint density at radius 3 is 2.70 bits per heavy atom. The second-order valence-electron chi connectivity index (χ2n) is 4.18. The SMILES string of the molecule is COc1cccc(/C=C\C(=O)c2cnn(C)c2)c1OC. The molecule has 0 saturated heterocycles. The summed E-state index contributed by atoms with van der Waals surface area (Å²) in [7, 11) is 4.91. The highest BCUT2D eigenvalue weighted by Gasteiger charge is 2.08. The van der Waals surface area contributed by atoms with Crippen molar-refractivity contribution in [3.8, 4) is 11.5 Å². The quantitative estimate of drug-likeness (QED) is 0.619. The van der Waals surface area contributed by atoms with Gasteiger partial charge in [0.1, 0.15) is 0 Å². The van der Waals surface area contributed by atoms with Crippen LogP contribution in [0.1, 0.15) is 15.9 Å². The fourth-order valence-electron chi connectivity index (χ4n) is 1.85. The molecule has 1 heterocycles. The van der Waals surface area contributed by atoms with E-state index >= 15 is 0 Å². The van der Waals surface area contributed by atoms with E-state index in [1.54, 1.807) is 44.3 Å². The third-order valence-electron chi connectivity index (χ3n) is 2.84. The summed E-state index contributed by atoms with van der Waals surface area (Å²) in [5, 5.41) is 3.97. The summed E-state index contributed by atoms with van der Waals surface area (Å²) in [4.78, 5) is 12.0. The molecule has 5 heteroatoms. The van der Waals surface area contributed by atoms with Crippen LogP contribution in [-0.2, 0) is 7.05 Å². The first-order valence-corrected chi connectivity index (χ1v) is 6.07. The monoisotopic (exact) mass is 272 g/mol. The van der Waals surface area contributed by atoms with Gasteiger partial charge in [0.2, 0.25) is 0 Å². The van der Waals surface area contributed by atoms with Gasteiger partial charge in [-0.25, -0.2) is 0 Å². The fourth-order valence-corrected chi connectivity index (χ4v) is 1.85. The number of ketones is 1. The number of carbonyl (C=O) groups excluding carboxylic acids is 1. The van der Waals surface area contributed by atoms with Crippen LogP contribution in [-0.4, -0.2) is 29.8 Å². The van der Waals surface area contributed by atoms with Crippen LogP contribution < -0.4 is 9.47 Å². The molecule has 0 radical (unpaired) electrons. The van der Waals surface area contributed by atoms with E-state index in [4.69, 9.17) is 9.47 Å². The number of benzene rings is 1. The third kappa shape index (κ3) is 2.88. The van der Waals surface area contributed by atoms with Crippen LogP contribution in [0.2, 0.25) is 0 Å². The normalized spacial score (nSPS) is 10.8. The Bertz CT molecular complexity index is 644. The lowest BCUT2D eigenvalue weighted by molar-refractivity contribution is 0.104. The van der Waals surface area contributed by atoms with Gasteiger partial charge in [0.05, 0.1) is 26.0 Å². The highest BCUT2D eigenvalue weighted by molar-refractivity contribution is 6.06. The lowest BCUT2D eigenvalue weighted by atomic mass is 10.1. The molecule has 1 aromatic heterocycles. The summed E-state index contributed by atoms with van der Waals surface area (Å²) < 4.78 is 12.1. The Morgan fingerprint density at radius 2 is 2.10 bits per heavy atom.